The molecule has 0 aliphatic rings. The smallest absolute Gasteiger partial charge is 0.121 e. The molecular formula is C17H23N3O. The van der Waals surface area contributed by atoms with Gasteiger partial charge in [-0.3, -0.25) is 10.4 Å². The van der Waals surface area contributed by atoms with Gasteiger partial charge in [0, 0.05) is 23.1 Å². The molecule has 3 N–H and O–H groups in total. The van der Waals surface area contributed by atoms with Gasteiger partial charge in [0.1, 0.15) is 5.75 Å². The van der Waals surface area contributed by atoms with Gasteiger partial charge < -0.3 is 10.5 Å². The molecule has 4 nitrogen and oxygen atoms in total. The molecule has 0 aliphatic carbocycles. The van der Waals surface area contributed by atoms with E-state index in [0.717, 1.165) is 35.9 Å². The zero-order chi connectivity index (χ0) is 15.3. The van der Waals surface area contributed by atoms with E-state index in [2.05, 4.69) is 4.98 Å². The summed E-state index contributed by atoms with van der Waals surface area (Å²) < 4.78 is 5.76. The minimum atomic E-state index is -0.215. The number of rotatable bonds is 7. The topological polar surface area (TPSA) is 72.0 Å². The first kappa shape index (κ1) is 15.3. The average molecular weight is 285 g/mol. The number of fused-ring (bicyclic) bond motifs is 1. The molecule has 1 aromatic carbocycles. The average Bonchev–Trinajstić information content (AvgIpc) is 2.46. The number of benzene rings is 1. The summed E-state index contributed by atoms with van der Waals surface area (Å²) in [5, 5.41) is 8.65. The van der Waals surface area contributed by atoms with E-state index in [1.807, 2.05) is 44.2 Å². The van der Waals surface area contributed by atoms with Crippen LogP contribution in [-0.2, 0) is 0 Å². The fourth-order valence-electron chi connectivity index (χ4n) is 2.13. The van der Waals surface area contributed by atoms with Crippen molar-refractivity contribution in [3.63, 3.8) is 0 Å². The van der Waals surface area contributed by atoms with E-state index in [1.165, 1.54) is 0 Å². The lowest BCUT2D eigenvalue weighted by molar-refractivity contribution is 0.296. The summed E-state index contributed by atoms with van der Waals surface area (Å²) in [7, 11) is 0. The minimum absolute atomic E-state index is 0.215. The van der Waals surface area contributed by atoms with Crippen LogP contribution in [-0.4, -0.2) is 17.4 Å². The number of aromatic nitrogens is 1. The quantitative estimate of drug-likeness (QED) is 0.462. The molecule has 112 valence electrons. The Kier molecular flexibility index (Phi) is 4.78. The molecule has 21 heavy (non-hydrogen) atoms. The number of hydrogen-bond donors (Lipinski definition) is 2. The highest BCUT2D eigenvalue weighted by atomic mass is 16.5. The number of hydrogen-bond acceptors (Lipinski definition) is 3. The summed E-state index contributed by atoms with van der Waals surface area (Å²) in [6.07, 6.45) is 4.65. The van der Waals surface area contributed by atoms with Crippen molar-refractivity contribution in [3.05, 3.63) is 36.5 Å². The minimum Gasteiger partial charge on any atom is -0.494 e. The number of ether oxygens (including phenoxy) is 1. The fourth-order valence-corrected chi connectivity index (χ4v) is 2.13. The number of nitrogens with one attached hydrogen (secondary N) is 1. The Bertz CT molecular complexity index is 622. The molecule has 2 rings (SSSR count). The maximum Gasteiger partial charge on any atom is 0.121 e. The molecule has 0 spiro atoms. The van der Waals surface area contributed by atoms with E-state index < -0.39 is 0 Å². The predicted molar refractivity (Wildman–Crippen MR) is 86.8 cm³/mol. The third kappa shape index (κ3) is 4.18. The standard InChI is InChI=1S/C17H23N3O/c1-17(2,16(18)19)9-3-4-11-21-14-8-7-13-6-5-10-20-15(13)12-14/h5-8,10,12H,3-4,9,11H2,1-2H3,(H3,18,19). The Labute approximate surface area is 125 Å². The third-order valence-electron chi connectivity index (χ3n) is 3.77. The Morgan fingerprint density at radius 1 is 1.29 bits per heavy atom. The van der Waals surface area contributed by atoms with Gasteiger partial charge in [0.2, 0.25) is 0 Å². The predicted octanol–water partition coefficient (Wildman–Crippen LogP) is 3.75. The maximum atomic E-state index is 7.53. The van der Waals surface area contributed by atoms with Crippen LogP contribution in [0.3, 0.4) is 0 Å². The first-order chi connectivity index (χ1) is 9.99. The largest absolute Gasteiger partial charge is 0.494 e. The summed E-state index contributed by atoms with van der Waals surface area (Å²) in [6.45, 7) is 4.68. The van der Waals surface area contributed by atoms with Gasteiger partial charge in [0.25, 0.3) is 0 Å². The van der Waals surface area contributed by atoms with Crippen LogP contribution in [0, 0.1) is 10.8 Å². The summed E-state index contributed by atoms with van der Waals surface area (Å²) in [5.41, 5.74) is 6.31. The monoisotopic (exact) mass is 285 g/mol. The summed E-state index contributed by atoms with van der Waals surface area (Å²) in [5.74, 6) is 1.11. The van der Waals surface area contributed by atoms with Crippen molar-refractivity contribution in [1.29, 1.82) is 5.41 Å². The second kappa shape index (κ2) is 6.57. The van der Waals surface area contributed by atoms with Gasteiger partial charge in [-0.1, -0.05) is 19.9 Å². The van der Waals surface area contributed by atoms with Crippen molar-refractivity contribution in [1.82, 2.24) is 4.98 Å². The molecule has 1 aromatic heterocycles. The Morgan fingerprint density at radius 2 is 2.10 bits per heavy atom. The van der Waals surface area contributed by atoms with Crippen molar-refractivity contribution in [3.8, 4) is 5.75 Å². The summed E-state index contributed by atoms with van der Waals surface area (Å²) in [6, 6.07) is 9.93. The van der Waals surface area contributed by atoms with E-state index in [4.69, 9.17) is 15.9 Å². The van der Waals surface area contributed by atoms with Crippen molar-refractivity contribution in [2.24, 2.45) is 11.1 Å². The van der Waals surface area contributed by atoms with Gasteiger partial charge in [-0.25, -0.2) is 0 Å². The Balaban J connectivity index is 1.79. The zero-order valence-corrected chi connectivity index (χ0v) is 12.7. The van der Waals surface area contributed by atoms with Crippen LogP contribution in [0.5, 0.6) is 5.75 Å². The van der Waals surface area contributed by atoms with Crippen LogP contribution in [0.4, 0.5) is 0 Å². The lowest BCUT2D eigenvalue weighted by Crippen LogP contribution is -2.30. The molecule has 0 amide bonds. The van der Waals surface area contributed by atoms with E-state index >= 15 is 0 Å². The van der Waals surface area contributed by atoms with Crippen LogP contribution in [0.25, 0.3) is 10.9 Å². The highest BCUT2D eigenvalue weighted by Crippen LogP contribution is 2.23. The number of amidine groups is 1. The van der Waals surface area contributed by atoms with Gasteiger partial charge in [-0.15, -0.1) is 0 Å². The van der Waals surface area contributed by atoms with Crippen LogP contribution in [0.15, 0.2) is 36.5 Å². The number of nitrogens with zero attached hydrogens (tertiary/aromatic N) is 1. The fraction of sp³-hybridized carbons (Fsp3) is 0.412. The van der Waals surface area contributed by atoms with E-state index in [1.54, 1.807) is 6.20 Å². The molecular weight excluding hydrogens is 262 g/mol. The molecule has 0 unspecified atom stereocenters. The SMILES string of the molecule is CC(C)(CCCCOc1ccc2cccnc2c1)C(=N)N. The van der Waals surface area contributed by atoms with Crippen LogP contribution in [0.1, 0.15) is 33.1 Å². The van der Waals surface area contributed by atoms with Crippen LogP contribution >= 0.6 is 0 Å². The molecule has 0 atom stereocenters. The molecule has 0 saturated heterocycles. The van der Waals surface area contributed by atoms with E-state index in [-0.39, 0.29) is 11.3 Å². The van der Waals surface area contributed by atoms with Gasteiger partial charge in [-0.2, -0.15) is 0 Å². The second-order valence-corrected chi connectivity index (χ2v) is 5.96. The molecule has 0 aliphatic heterocycles. The van der Waals surface area contributed by atoms with Crippen molar-refractivity contribution in [2.45, 2.75) is 33.1 Å². The van der Waals surface area contributed by atoms with Crippen LogP contribution in [0.2, 0.25) is 0 Å². The molecule has 0 saturated carbocycles. The highest BCUT2D eigenvalue weighted by molar-refractivity contribution is 5.82. The molecule has 0 radical (unpaired) electrons. The molecule has 1 heterocycles. The first-order valence-corrected chi connectivity index (χ1v) is 7.31. The normalized spacial score (nSPS) is 11.5. The maximum absolute atomic E-state index is 7.53. The van der Waals surface area contributed by atoms with E-state index in [9.17, 15) is 0 Å². The number of unbranched alkanes of at least 4 members (excludes halogenated alkanes) is 1. The van der Waals surface area contributed by atoms with Gasteiger partial charge in [0.15, 0.2) is 0 Å². The highest BCUT2D eigenvalue weighted by Gasteiger charge is 2.20. The Hall–Kier alpha value is -2.10. The second-order valence-electron chi connectivity index (χ2n) is 5.96. The molecule has 4 heteroatoms. The van der Waals surface area contributed by atoms with E-state index in [0.29, 0.717) is 6.61 Å². The summed E-state index contributed by atoms with van der Waals surface area (Å²) >= 11 is 0. The lowest BCUT2D eigenvalue weighted by Gasteiger charge is -2.22. The van der Waals surface area contributed by atoms with Gasteiger partial charge in [0.05, 0.1) is 18.0 Å². The lowest BCUT2D eigenvalue weighted by atomic mass is 9.86. The summed E-state index contributed by atoms with van der Waals surface area (Å²) in [4.78, 5) is 4.32. The number of pyridine rings is 1. The Morgan fingerprint density at radius 3 is 2.86 bits per heavy atom. The van der Waals surface area contributed by atoms with Crippen molar-refractivity contribution >= 4 is 16.7 Å². The molecule has 0 bridgehead atoms. The van der Waals surface area contributed by atoms with Crippen molar-refractivity contribution in [2.75, 3.05) is 6.61 Å². The van der Waals surface area contributed by atoms with Gasteiger partial charge >= 0.3 is 0 Å². The van der Waals surface area contributed by atoms with Gasteiger partial charge in [-0.05, 0) is 37.5 Å². The third-order valence-corrected chi connectivity index (χ3v) is 3.77. The zero-order valence-electron chi connectivity index (χ0n) is 12.7. The van der Waals surface area contributed by atoms with Crippen molar-refractivity contribution < 1.29 is 4.74 Å². The molecule has 0 fully saturated rings. The molecule has 2 aromatic rings. The first-order valence-electron chi connectivity index (χ1n) is 7.31. The number of nitrogens with two attached hydrogens (primary N) is 1. The van der Waals surface area contributed by atoms with Crippen LogP contribution < -0.4 is 10.5 Å².